The molecule has 0 bridgehead atoms. The van der Waals surface area contributed by atoms with E-state index < -0.39 is 0 Å². The monoisotopic (exact) mass is 239 g/mol. The number of H-pyrrole nitrogens is 1. The number of aromatic nitrogens is 1. The van der Waals surface area contributed by atoms with Crippen LogP contribution >= 0.6 is 11.6 Å². The average molecular weight is 240 g/mol. The summed E-state index contributed by atoms with van der Waals surface area (Å²) in [5.74, 6) is 1.03. The first-order valence-electron chi connectivity index (χ1n) is 4.61. The molecule has 2 aromatic rings. The summed E-state index contributed by atoms with van der Waals surface area (Å²) in [4.78, 5) is 13.9. The van der Waals surface area contributed by atoms with Gasteiger partial charge in [0.05, 0.1) is 24.8 Å². The maximum atomic E-state index is 11.2. The van der Waals surface area contributed by atoms with Gasteiger partial charge in [-0.3, -0.25) is 4.79 Å². The Morgan fingerprint density at radius 1 is 1.19 bits per heavy atom. The first-order chi connectivity index (χ1) is 7.67. The van der Waals surface area contributed by atoms with Gasteiger partial charge in [-0.05, 0) is 6.07 Å². The SMILES string of the molecule is COc1cc(OC)c2[nH]c(=O)ccc2c1Cl. The predicted molar refractivity (Wildman–Crippen MR) is 62.7 cm³/mol. The molecule has 4 nitrogen and oxygen atoms in total. The fourth-order valence-corrected chi connectivity index (χ4v) is 1.84. The molecule has 0 atom stereocenters. The summed E-state index contributed by atoms with van der Waals surface area (Å²) in [7, 11) is 3.05. The number of ether oxygens (including phenoxy) is 2. The second-order valence-electron chi connectivity index (χ2n) is 3.21. The Bertz CT molecular complexity index is 592. The zero-order chi connectivity index (χ0) is 11.7. The molecule has 1 heterocycles. The van der Waals surface area contributed by atoms with Crippen molar-refractivity contribution in [2.75, 3.05) is 14.2 Å². The van der Waals surface area contributed by atoms with Gasteiger partial charge >= 0.3 is 0 Å². The van der Waals surface area contributed by atoms with Gasteiger partial charge in [-0.25, -0.2) is 0 Å². The summed E-state index contributed by atoms with van der Waals surface area (Å²) in [6.07, 6.45) is 0. The van der Waals surface area contributed by atoms with E-state index in [1.807, 2.05) is 0 Å². The van der Waals surface area contributed by atoms with Crippen LogP contribution in [0.1, 0.15) is 0 Å². The molecule has 84 valence electrons. The number of aromatic amines is 1. The van der Waals surface area contributed by atoms with E-state index in [4.69, 9.17) is 21.1 Å². The van der Waals surface area contributed by atoms with E-state index in [0.717, 1.165) is 0 Å². The fourth-order valence-electron chi connectivity index (χ4n) is 1.55. The molecule has 0 spiro atoms. The number of hydrogen-bond donors (Lipinski definition) is 1. The highest BCUT2D eigenvalue weighted by molar-refractivity contribution is 6.37. The molecule has 0 saturated heterocycles. The highest BCUT2D eigenvalue weighted by Gasteiger charge is 2.12. The van der Waals surface area contributed by atoms with Crippen LogP contribution in [-0.4, -0.2) is 19.2 Å². The molecule has 1 aromatic carbocycles. The summed E-state index contributed by atoms with van der Waals surface area (Å²) in [6, 6.07) is 4.69. The van der Waals surface area contributed by atoms with Gasteiger partial charge in [-0.2, -0.15) is 0 Å². The molecule has 0 unspecified atom stereocenters. The molecule has 1 aromatic heterocycles. The van der Waals surface area contributed by atoms with E-state index in [-0.39, 0.29) is 5.56 Å². The van der Waals surface area contributed by atoms with Crippen LogP contribution in [0.5, 0.6) is 11.5 Å². The van der Waals surface area contributed by atoms with Crippen LogP contribution in [0.3, 0.4) is 0 Å². The third kappa shape index (κ3) is 1.61. The van der Waals surface area contributed by atoms with Gasteiger partial charge < -0.3 is 14.5 Å². The summed E-state index contributed by atoms with van der Waals surface area (Å²) in [5.41, 5.74) is 0.368. The number of halogens is 1. The first kappa shape index (κ1) is 10.8. The third-order valence-corrected chi connectivity index (χ3v) is 2.71. The normalized spacial score (nSPS) is 10.4. The fraction of sp³-hybridized carbons (Fsp3) is 0.182. The molecule has 0 radical (unpaired) electrons. The molecule has 0 amide bonds. The number of nitrogens with one attached hydrogen (secondary N) is 1. The quantitative estimate of drug-likeness (QED) is 0.874. The van der Waals surface area contributed by atoms with Crippen LogP contribution in [0.15, 0.2) is 23.0 Å². The van der Waals surface area contributed by atoms with Gasteiger partial charge in [0.2, 0.25) is 5.56 Å². The van der Waals surface area contributed by atoms with Crippen LogP contribution in [0.4, 0.5) is 0 Å². The number of pyridine rings is 1. The molecule has 0 aliphatic heterocycles. The Labute approximate surface area is 96.8 Å². The highest BCUT2D eigenvalue weighted by Crippen LogP contribution is 2.37. The average Bonchev–Trinajstić information content (AvgIpc) is 2.29. The maximum absolute atomic E-state index is 11.2. The lowest BCUT2D eigenvalue weighted by molar-refractivity contribution is 0.397. The van der Waals surface area contributed by atoms with E-state index >= 15 is 0 Å². The first-order valence-corrected chi connectivity index (χ1v) is 4.98. The highest BCUT2D eigenvalue weighted by atomic mass is 35.5. The molecule has 2 rings (SSSR count). The van der Waals surface area contributed by atoms with Crippen LogP contribution in [-0.2, 0) is 0 Å². The van der Waals surface area contributed by atoms with Crippen LogP contribution in [0, 0.1) is 0 Å². The minimum absolute atomic E-state index is 0.202. The van der Waals surface area contributed by atoms with Crippen molar-refractivity contribution in [2.24, 2.45) is 0 Å². The van der Waals surface area contributed by atoms with E-state index in [2.05, 4.69) is 4.98 Å². The van der Waals surface area contributed by atoms with Crippen molar-refractivity contribution in [1.29, 1.82) is 0 Å². The second kappa shape index (κ2) is 4.06. The van der Waals surface area contributed by atoms with E-state index in [1.165, 1.54) is 20.3 Å². The minimum Gasteiger partial charge on any atom is -0.495 e. The maximum Gasteiger partial charge on any atom is 0.248 e. The lowest BCUT2D eigenvalue weighted by Crippen LogP contribution is -2.04. The molecule has 0 saturated carbocycles. The number of hydrogen-bond acceptors (Lipinski definition) is 3. The molecular weight excluding hydrogens is 230 g/mol. The van der Waals surface area contributed by atoms with Crippen molar-refractivity contribution in [2.45, 2.75) is 0 Å². The van der Waals surface area contributed by atoms with Crippen molar-refractivity contribution in [3.05, 3.63) is 33.6 Å². The van der Waals surface area contributed by atoms with E-state index in [1.54, 1.807) is 12.1 Å². The van der Waals surface area contributed by atoms with Gasteiger partial charge in [0.15, 0.2) is 0 Å². The van der Waals surface area contributed by atoms with Crippen LogP contribution in [0.25, 0.3) is 10.9 Å². The number of benzene rings is 1. The van der Waals surface area contributed by atoms with Crippen LogP contribution < -0.4 is 15.0 Å². The van der Waals surface area contributed by atoms with Crippen molar-refractivity contribution < 1.29 is 9.47 Å². The van der Waals surface area contributed by atoms with E-state index in [9.17, 15) is 4.79 Å². The predicted octanol–water partition coefficient (Wildman–Crippen LogP) is 2.20. The minimum atomic E-state index is -0.202. The van der Waals surface area contributed by atoms with Gasteiger partial charge in [0, 0.05) is 17.5 Å². The zero-order valence-corrected chi connectivity index (χ0v) is 9.59. The summed E-state index contributed by atoms with van der Waals surface area (Å²) >= 11 is 6.12. The third-order valence-electron chi connectivity index (χ3n) is 2.32. The Balaban J connectivity index is 2.90. The van der Waals surface area contributed by atoms with Crippen molar-refractivity contribution in [3.63, 3.8) is 0 Å². The van der Waals surface area contributed by atoms with Crippen molar-refractivity contribution >= 4 is 22.5 Å². The number of fused-ring (bicyclic) bond motifs is 1. The second-order valence-corrected chi connectivity index (χ2v) is 3.58. The molecule has 0 aliphatic carbocycles. The number of rotatable bonds is 2. The Hall–Kier alpha value is -1.68. The van der Waals surface area contributed by atoms with Crippen molar-refractivity contribution in [1.82, 2.24) is 4.98 Å². The van der Waals surface area contributed by atoms with Crippen molar-refractivity contribution in [3.8, 4) is 11.5 Å². The van der Waals surface area contributed by atoms with Gasteiger partial charge in [-0.15, -0.1) is 0 Å². The zero-order valence-electron chi connectivity index (χ0n) is 8.83. The van der Waals surface area contributed by atoms with Gasteiger partial charge in [0.25, 0.3) is 0 Å². The van der Waals surface area contributed by atoms with Gasteiger partial charge in [-0.1, -0.05) is 11.6 Å². The lowest BCUT2D eigenvalue weighted by Gasteiger charge is -2.10. The van der Waals surface area contributed by atoms with E-state index in [0.29, 0.717) is 27.4 Å². The topological polar surface area (TPSA) is 51.3 Å². The Morgan fingerprint density at radius 3 is 2.50 bits per heavy atom. The molecule has 0 fully saturated rings. The summed E-state index contributed by atoms with van der Waals surface area (Å²) in [5, 5.41) is 1.15. The molecule has 16 heavy (non-hydrogen) atoms. The molecule has 1 N–H and O–H groups in total. The number of methoxy groups -OCH3 is 2. The molecular formula is C11H10ClNO3. The molecule has 0 aliphatic rings. The summed E-state index contributed by atoms with van der Waals surface area (Å²) < 4.78 is 10.3. The standard InChI is InChI=1S/C11H10ClNO3/c1-15-7-5-8(16-2)11-6(10(7)12)3-4-9(14)13-11/h3-5H,1-2H3,(H,13,14). The Morgan fingerprint density at radius 2 is 1.88 bits per heavy atom. The summed E-state index contributed by atoms with van der Waals surface area (Å²) in [6.45, 7) is 0. The lowest BCUT2D eigenvalue weighted by atomic mass is 10.2. The Kier molecular flexibility index (Phi) is 2.75. The van der Waals surface area contributed by atoms with Gasteiger partial charge in [0.1, 0.15) is 11.5 Å². The molecule has 5 heteroatoms. The largest absolute Gasteiger partial charge is 0.495 e. The smallest absolute Gasteiger partial charge is 0.248 e. The van der Waals surface area contributed by atoms with Crippen LogP contribution in [0.2, 0.25) is 5.02 Å².